The van der Waals surface area contributed by atoms with Crippen molar-refractivity contribution in [1.82, 2.24) is 4.57 Å². The molecule has 8 aromatic rings. The molecule has 0 bridgehead atoms. The van der Waals surface area contributed by atoms with Gasteiger partial charge in [-0.05, 0) is 153 Å². The standard InChI is InChI=1S/C67H70BN3/c1-61(2,3)43-27-29-54-47(35-43)48-36-45(63(7,8)9)38-53-59(48)69(54)56-39-46(70-55-30-28-44(62(4,5)6)37-51(55)67(42-22-14-13-15-23-42)33-19-18-32-65(67,70)11)40-57-58(56)68(53)52-26-20-25-50-60(52)71(57)66(12)49-24-17-16-21-41(49)31-34-64(50,66)10/h13-17,20-30,35-40H,18-19,31-34H2,1-12H3. The number of hydrogen-bond donors (Lipinski definition) is 0. The Hall–Kier alpha value is -6.00. The van der Waals surface area contributed by atoms with Crippen molar-refractivity contribution in [3.05, 3.63) is 178 Å². The first-order chi connectivity index (χ1) is 33.7. The molecule has 1 fully saturated rings. The second kappa shape index (κ2) is 13.7. The van der Waals surface area contributed by atoms with Crippen LogP contribution in [0.15, 0.2) is 133 Å². The fraction of sp³-hybridized carbons (Fsp3) is 0.373. The third-order valence-corrected chi connectivity index (χ3v) is 19.9. The molecular formula is C67H70BN3. The summed E-state index contributed by atoms with van der Waals surface area (Å²) in [6, 6.07) is 54.2. The quantitative estimate of drug-likeness (QED) is 0.160. The van der Waals surface area contributed by atoms with Crippen molar-refractivity contribution >= 4 is 67.7 Å². The third kappa shape index (κ3) is 5.27. The van der Waals surface area contributed by atoms with E-state index in [2.05, 4.69) is 231 Å². The van der Waals surface area contributed by atoms with Gasteiger partial charge >= 0.3 is 0 Å². The van der Waals surface area contributed by atoms with Crippen molar-refractivity contribution in [2.45, 2.75) is 160 Å². The number of para-hydroxylation sites is 1. The van der Waals surface area contributed by atoms with Crippen LogP contribution in [0.3, 0.4) is 0 Å². The van der Waals surface area contributed by atoms with Crippen LogP contribution in [0.25, 0.3) is 27.5 Å². The number of hydrogen-bond acceptors (Lipinski definition) is 2. The highest BCUT2D eigenvalue weighted by atomic mass is 15.3. The molecule has 356 valence electrons. The normalized spacial score (nSPS) is 24.7. The maximum absolute atomic E-state index is 2.92. The molecule has 3 nitrogen and oxygen atoms in total. The highest BCUT2D eigenvalue weighted by Gasteiger charge is 2.65. The fourth-order valence-electron chi connectivity index (χ4n) is 16.0. The van der Waals surface area contributed by atoms with E-state index in [0.29, 0.717) is 0 Å². The van der Waals surface area contributed by atoms with Gasteiger partial charge in [0.2, 0.25) is 0 Å². The maximum atomic E-state index is 2.92. The Morgan fingerprint density at radius 3 is 1.93 bits per heavy atom. The molecule has 6 aliphatic rings. The molecule has 5 heterocycles. The first kappa shape index (κ1) is 43.8. The van der Waals surface area contributed by atoms with Crippen molar-refractivity contribution < 1.29 is 0 Å². The maximum Gasteiger partial charge on any atom is 0.252 e. The van der Waals surface area contributed by atoms with Crippen molar-refractivity contribution in [2.24, 2.45) is 0 Å². The van der Waals surface area contributed by atoms with Crippen LogP contribution in [0.2, 0.25) is 0 Å². The number of aromatic nitrogens is 1. The van der Waals surface area contributed by atoms with E-state index in [-0.39, 0.29) is 44.9 Å². The minimum absolute atomic E-state index is 0.0128. The van der Waals surface area contributed by atoms with Gasteiger partial charge in [0.25, 0.3) is 6.71 Å². The van der Waals surface area contributed by atoms with Gasteiger partial charge in [0, 0.05) is 55.6 Å². The fourth-order valence-corrected chi connectivity index (χ4v) is 16.0. The summed E-state index contributed by atoms with van der Waals surface area (Å²) in [6.07, 6.45) is 6.86. The molecule has 0 N–H and O–H groups in total. The highest BCUT2D eigenvalue weighted by Crippen LogP contribution is 2.67. The lowest BCUT2D eigenvalue weighted by atomic mass is 9.33. The Bertz CT molecular complexity index is 3630. The number of fused-ring (bicyclic) bond motifs is 15. The molecule has 4 heteroatoms. The zero-order valence-corrected chi connectivity index (χ0v) is 44.4. The molecule has 1 saturated carbocycles. The summed E-state index contributed by atoms with van der Waals surface area (Å²) in [4.78, 5) is 5.81. The molecule has 4 unspecified atom stereocenters. The average molecular weight is 928 g/mol. The summed E-state index contributed by atoms with van der Waals surface area (Å²) in [5, 5.41) is 2.74. The monoisotopic (exact) mass is 928 g/mol. The van der Waals surface area contributed by atoms with E-state index in [0.717, 1.165) is 25.7 Å². The van der Waals surface area contributed by atoms with Crippen molar-refractivity contribution in [2.75, 3.05) is 9.80 Å². The van der Waals surface area contributed by atoms with Crippen molar-refractivity contribution in [1.29, 1.82) is 0 Å². The number of rotatable bonds is 2. The summed E-state index contributed by atoms with van der Waals surface area (Å²) in [7, 11) is 0. The van der Waals surface area contributed by atoms with E-state index in [1.165, 1.54) is 124 Å². The van der Waals surface area contributed by atoms with E-state index in [9.17, 15) is 0 Å². The molecule has 0 saturated heterocycles. The SMILES string of the molecule is CC(C)(C)c1ccc2c(c1)C1(c3ccccc3)CCCCC1(C)N2c1cc2c3c(c1)-n1c4ccc(C(C)(C)C)cc4c4cc(C(C)(C)C)cc(c41)B3c1cccc3c1N2C1(C)c2ccccc2CCC31C. The molecule has 0 amide bonds. The number of benzene rings is 7. The van der Waals surface area contributed by atoms with E-state index >= 15 is 0 Å². The molecule has 71 heavy (non-hydrogen) atoms. The van der Waals surface area contributed by atoms with Gasteiger partial charge in [0.05, 0.1) is 16.6 Å². The second-order valence-electron chi connectivity index (χ2n) is 26.6. The lowest BCUT2D eigenvalue weighted by Gasteiger charge is -2.54. The smallest absolute Gasteiger partial charge is 0.252 e. The van der Waals surface area contributed by atoms with E-state index in [4.69, 9.17) is 0 Å². The minimum Gasteiger partial charge on any atom is -0.334 e. The lowest BCUT2D eigenvalue weighted by Crippen LogP contribution is -2.63. The third-order valence-electron chi connectivity index (χ3n) is 19.9. The lowest BCUT2D eigenvalue weighted by molar-refractivity contribution is 0.215. The van der Waals surface area contributed by atoms with Crippen LogP contribution in [0.4, 0.5) is 22.7 Å². The largest absolute Gasteiger partial charge is 0.334 e. The minimum atomic E-state index is -0.325. The Morgan fingerprint density at radius 1 is 0.507 bits per heavy atom. The van der Waals surface area contributed by atoms with Gasteiger partial charge in [-0.1, -0.05) is 179 Å². The summed E-state index contributed by atoms with van der Waals surface area (Å²) >= 11 is 0. The van der Waals surface area contributed by atoms with Gasteiger partial charge in [-0.2, -0.15) is 0 Å². The zero-order chi connectivity index (χ0) is 49.2. The molecule has 4 atom stereocenters. The average Bonchev–Trinajstić information content (AvgIpc) is 3.88. The molecule has 14 rings (SSSR count). The van der Waals surface area contributed by atoms with E-state index in [1.54, 1.807) is 0 Å². The van der Waals surface area contributed by atoms with Crippen LogP contribution < -0.4 is 26.2 Å². The number of anilines is 4. The van der Waals surface area contributed by atoms with Crippen LogP contribution in [0.1, 0.15) is 160 Å². The summed E-state index contributed by atoms with van der Waals surface area (Å²) in [6.45, 7) is 29.4. The summed E-state index contributed by atoms with van der Waals surface area (Å²) in [5.41, 5.74) is 24.7. The molecular weight excluding hydrogens is 858 g/mol. The Kier molecular flexibility index (Phi) is 8.47. The Labute approximate surface area is 423 Å². The summed E-state index contributed by atoms with van der Waals surface area (Å²) in [5.74, 6) is 0. The molecule has 2 aliphatic carbocycles. The number of aryl methyl sites for hydroxylation is 1. The van der Waals surface area contributed by atoms with Gasteiger partial charge in [0.15, 0.2) is 0 Å². The van der Waals surface area contributed by atoms with Crippen LogP contribution in [0.5, 0.6) is 0 Å². The predicted molar refractivity (Wildman–Crippen MR) is 302 cm³/mol. The Balaban J connectivity index is 1.15. The van der Waals surface area contributed by atoms with Gasteiger partial charge < -0.3 is 14.4 Å². The highest BCUT2D eigenvalue weighted by molar-refractivity contribution is 7.00. The van der Waals surface area contributed by atoms with Gasteiger partial charge in [-0.25, -0.2) is 0 Å². The van der Waals surface area contributed by atoms with Crippen LogP contribution >= 0.6 is 0 Å². The van der Waals surface area contributed by atoms with Gasteiger partial charge in [-0.15, -0.1) is 0 Å². The van der Waals surface area contributed by atoms with Gasteiger partial charge in [0.1, 0.15) is 0 Å². The molecule has 7 aromatic carbocycles. The molecule has 0 radical (unpaired) electrons. The van der Waals surface area contributed by atoms with Crippen LogP contribution in [0, 0.1) is 0 Å². The van der Waals surface area contributed by atoms with Crippen molar-refractivity contribution in [3.63, 3.8) is 0 Å². The van der Waals surface area contributed by atoms with Gasteiger partial charge in [-0.3, -0.25) is 0 Å². The van der Waals surface area contributed by atoms with Crippen LogP contribution in [-0.2, 0) is 39.0 Å². The van der Waals surface area contributed by atoms with Crippen LogP contribution in [-0.4, -0.2) is 16.8 Å². The topological polar surface area (TPSA) is 11.4 Å². The molecule has 1 aromatic heterocycles. The zero-order valence-electron chi connectivity index (χ0n) is 44.4. The van der Waals surface area contributed by atoms with Crippen molar-refractivity contribution in [3.8, 4) is 5.69 Å². The first-order valence-corrected chi connectivity index (χ1v) is 27.1. The summed E-state index contributed by atoms with van der Waals surface area (Å²) < 4.78 is 2.74. The van der Waals surface area contributed by atoms with E-state index < -0.39 is 0 Å². The Morgan fingerprint density at radius 2 is 1.17 bits per heavy atom. The molecule has 4 aliphatic heterocycles. The predicted octanol–water partition coefficient (Wildman–Crippen LogP) is 14.9. The number of nitrogens with zero attached hydrogens (tertiary/aromatic N) is 3. The van der Waals surface area contributed by atoms with E-state index in [1.807, 2.05) is 0 Å². The molecule has 0 spiro atoms. The first-order valence-electron chi connectivity index (χ1n) is 27.1. The second-order valence-corrected chi connectivity index (χ2v) is 26.6.